The topological polar surface area (TPSA) is 110 Å². The Morgan fingerprint density at radius 3 is 2.69 bits per heavy atom. The number of hydrogen-bond acceptors (Lipinski definition) is 5. The predicted octanol–water partition coefficient (Wildman–Crippen LogP) is 2.42. The largest absolute Gasteiger partial charge is 0.349 e. The summed E-state index contributed by atoms with van der Waals surface area (Å²) in [5.74, 6) is -0.355. The molecule has 0 saturated carbocycles. The molecular formula is C19H20ClN5O4. The molecule has 0 spiro atoms. The van der Waals surface area contributed by atoms with E-state index < -0.39 is 4.92 Å². The normalized spacial score (nSPS) is 14.9. The van der Waals surface area contributed by atoms with E-state index in [4.69, 9.17) is 11.6 Å². The van der Waals surface area contributed by atoms with E-state index in [2.05, 4.69) is 10.4 Å². The Balaban J connectivity index is 1.52. The van der Waals surface area contributed by atoms with Crippen molar-refractivity contribution in [2.75, 3.05) is 13.1 Å². The minimum atomic E-state index is -0.563. The summed E-state index contributed by atoms with van der Waals surface area (Å²) < 4.78 is 1.57. The highest BCUT2D eigenvalue weighted by molar-refractivity contribution is 6.32. The maximum atomic E-state index is 12.4. The molecule has 1 fully saturated rings. The van der Waals surface area contributed by atoms with Gasteiger partial charge in [-0.1, -0.05) is 17.7 Å². The molecule has 2 heterocycles. The van der Waals surface area contributed by atoms with Gasteiger partial charge in [-0.15, -0.1) is 0 Å². The second-order valence-corrected chi connectivity index (χ2v) is 7.18. The second kappa shape index (κ2) is 8.87. The summed E-state index contributed by atoms with van der Waals surface area (Å²) in [4.78, 5) is 36.6. The van der Waals surface area contributed by atoms with E-state index in [0.717, 1.165) is 0 Å². The molecule has 152 valence electrons. The summed E-state index contributed by atoms with van der Waals surface area (Å²) in [5, 5.41) is 17.9. The number of rotatable bonds is 5. The van der Waals surface area contributed by atoms with Crippen molar-refractivity contribution in [3.8, 4) is 0 Å². The maximum absolute atomic E-state index is 12.4. The first-order valence-corrected chi connectivity index (χ1v) is 9.41. The molecular weight excluding hydrogens is 398 g/mol. The fourth-order valence-corrected chi connectivity index (χ4v) is 3.28. The standard InChI is InChI=1S/C19H20ClN5O4/c1-23-12-14(11-21-23)19(27)22-15-6-8-24(9-7-15)18(26)5-3-13-2-4-16(20)17(10-13)25(28)29/h2-5,10-12,15H,6-9H2,1H3,(H,22,27)/b5-3+. The van der Waals surface area contributed by atoms with E-state index in [1.165, 1.54) is 30.5 Å². The summed E-state index contributed by atoms with van der Waals surface area (Å²) in [6.45, 7) is 1.03. The van der Waals surface area contributed by atoms with Crippen LogP contribution in [0.1, 0.15) is 28.8 Å². The van der Waals surface area contributed by atoms with Crippen LogP contribution in [0, 0.1) is 10.1 Å². The molecule has 1 aliphatic heterocycles. The highest BCUT2D eigenvalue weighted by atomic mass is 35.5. The zero-order valence-corrected chi connectivity index (χ0v) is 16.5. The SMILES string of the molecule is Cn1cc(C(=O)NC2CCN(C(=O)/C=C/c3ccc(Cl)c([N+](=O)[O-])c3)CC2)cn1. The predicted molar refractivity (Wildman–Crippen MR) is 107 cm³/mol. The van der Waals surface area contributed by atoms with Crippen LogP contribution in [0.2, 0.25) is 5.02 Å². The van der Waals surface area contributed by atoms with Gasteiger partial charge in [0.1, 0.15) is 5.02 Å². The Morgan fingerprint density at radius 1 is 1.34 bits per heavy atom. The monoisotopic (exact) mass is 417 g/mol. The minimum Gasteiger partial charge on any atom is -0.349 e. The van der Waals surface area contributed by atoms with Crippen LogP contribution < -0.4 is 5.32 Å². The molecule has 1 aliphatic rings. The van der Waals surface area contributed by atoms with Crippen LogP contribution in [-0.4, -0.2) is 50.5 Å². The smallest absolute Gasteiger partial charge is 0.288 e. The third-order valence-electron chi connectivity index (χ3n) is 4.69. The summed E-state index contributed by atoms with van der Waals surface area (Å²) in [6.07, 6.45) is 7.39. The Hall–Kier alpha value is -3.20. The fourth-order valence-electron chi connectivity index (χ4n) is 3.10. The summed E-state index contributed by atoms with van der Waals surface area (Å²) in [5.41, 5.74) is 0.825. The van der Waals surface area contributed by atoms with E-state index in [1.54, 1.807) is 28.9 Å². The van der Waals surface area contributed by atoms with Crippen molar-refractivity contribution in [1.29, 1.82) is 0 Å². The maximum Gasteiger partial charge on any atom is 0.288 e. The molecule has 29 heavy (non-hydrogen) atoms. The first kappa shape index (κ1) is 20.5. The number of hydrogen-bond donors (Lipinski definition) is 1. The number of halogens is 1. The quantitative estimate of drug-likeness (QED) is 0.456. The van der Waals surface area contributed by atoms with Crippen LogP contribution >= 0.6 is 11.6 Å². The highest BCUT2D eigenvalue weighted by Crippen LogP contribution is 2.25. The van der Waals surface area contributed by atoms with Gasteiger partial charge in [-0.2, -0.15) is 5.10 Å². The number of nitro benzene ring substituents is 1. The number of amides is 2. The fraction of sp³-hybridized carbons (Fsp3) is 0.316. The molecule has 2 amide bonds. The molecule has 2 aromatic rings. The van der Waals surface area contributed by atoms with Gasteiger partial charge in [0.15, 0.2) is 0 Å². The number of likely N-dealkylation sites (tertiary alicyclic amines) is 1. The van der Waals surface area contributed by atoms with E-state index in [-0.39, 0.29) is 28.6 Å². The number of nitrogens with zero attached hydrogens (tertiary/aromatic N) is 4. The average Bonchev–Trinajstić information content (AvgIpc) is 3.14. The first-order chi connectivity index (χ1) is 13.8. The van der Waals surface area contributed by atoms with Crippen LogP contribution in [0.4, 0.5) is 5.69 Å². The number of piperidine rings is 1. The summed E-state index contributed by atoms with van der Waals surface area (Å²) >= 11 is 5.79. The molecule has 1 N–H and O–H groups in total. The first-order valence-electron chi connectivity index (χ1n) is 9.04. The van der Waals surface area contributed by atoms with Crippen LogP contribution in [0.5, 0.6) is 0 Å². The van der Waals surface area contributed by atoms with Crippen LogP contribution in [0.25, 0.3) is 6.08 Å². The Labute approximate surface area is 172 Å². The van der Waals surface area contributed by atoms with Crippen molar-refractivity contribution < 1.29 is 14.5 Å². The molecule has 0 unspecified atom stereocenters. The molecule has 0 bridgehead atoms. The number of aromatic nitrogens is 2. The number of aryl methyl sites for hydroxylation is 1. The molecule has 0 radical (unpaired) electrons. The lowest BCUT2D eigenvalue weighted by molar-refractivity contribution is -0.384. The van der Waals surface area contributed by atoms with Gasteiger partial charge in [0.2, 0.25) is 5.91 Å². The molecule has 1 saturated heterocycles. The van der Waals surface area contributed by atoms with Gasteiger partial charge < -0.3 is 10.2 Å². The van der Waals surface area contributed by atoms with E-state index in [0.29, 0.717) is 37.1 Å². The molecule has 1 aromatic carbocycles. The van der Waals surface area contributed by atoms with Crippen molar-refractivity contribution in [1.82, 2.24) is 20.0 Å². The lowest BCUT2D eigenvalue weighted by Crippen LogP contribution is -2.46. The molecule has 0 aliphatic carbocycles. The van der Waals surface area contributed by atoms with Gasteiger partial charge in [0.05, 0.1) is 16.7 Å². The van der Waals surface area contributed by atoms with Crippen molar-refractivity contribution >= 4 is 35.2 Å². The Morgan fingerprint density at radius 2 is 2.07 bits per heavy atom. The highest BCUT2D eigenvalue weighted by Gasteiger charge is 2.23. The molecule has 3 rings (SSSR count). The number of carbonyl (C=O) groups excluding carboxylic acids is 2. The molecule has 10 heteroatoms. The zero-order valence-electron chi connectivity index (χ0n) is 15.7. The second-order valence-electron chi connectivity index (χ2n) is 6.78. The van der Waals surface area contributed by atoms with Gasteiger partial charge in [0, 0.05) is 44.5 Å². The van der Waals surface area contributed by atoms with Gasteiger partial charge in [-0.05, 0) is 30.5 Å². The molecule has 0 atom stereocenters. The summed E-state index contributed by atoms with van der Waals surface area (Å²) in [6, 6.07) is 4.36. The van der Waals surface area contributed by atoms with E-state index in [1.807, 2.05) is 0 Å². The third kappa shape index (κ3) is 5.20. The van der Waals surface area contributed by atoms with Crippen LogP contribution in [0.3, 0.4) is 0 Å². The lowest BCUT2D eigenvalue weighted by Gasteiger charge is -2.31. The van der Waals surface area contributed by atoms with E-state index in [9.17, 15) is 19.7 Å². The van der Waals surface area contributed by atoms with Crippen molar-refractivity contribution in [3.05, 3.63) is 62.9 Å². The molecule has 1 aromatic heterocycles. The number of nitrogens with one attached hydrogen (secondary N) is 1. The van der Waals surface area contributed by atoms with Crippen molar-refractivity contribution in [3.63, 3.8) is 0 Å². The lowest BCUT2D eigenvalue weighted by atomic mass is 10.0. The third-order valence-corrected chi connectivity index (χ3v) is 5.01. The Bertz CT molecular complexity index is 963. The van der Waals surface area contributed by atoms with Crippen LogP contribution in [-0.2, 0) is 11.8 Å². The number of benzene rings is 1. The van der Waals surface area contributed by atoms with Crippen molar-refractivity contribution in [2.45, 2.75) is 18.9 Å². The Kier molecular flexibility index (Phi) is 6.28. The van der Waals surface area contributed by atoms with Gasteiger partial charge in [-0.25, -0.2) is 0 Å². The average molecular weight is 418 g/mol. The zero-order chi connectivity index (χ0) is 21.0. The van der Waals surface area contributed by atoms with Gasteiger partial charge in [0.25, 0.3) is 11.6 Å². The summed E-state index contributed by atoms with van der Waals surface area (Å²) in [7, 11) is 1.75. The number of carbonyl (C=O) groups is 2. The van der Waals surface area contributed by atoms with Gasteiger partial charge in [-0.3, -0.25) is 24.4 Å². The molecule has 9 nitrogen and oxygen atoms in total. The van der Waals surface area contributed by atoms with Crippen LogP contribution in [0.15, 0.2) is 36.7 Å². The van der Waals surface area contributed by atoms with Gasteiger partial charge >= 0.3 is 0 Å². The van der Waals surface area contributed by atoms with E-state index >= 15 is 0 Å². The number of nitro groups is 1. The minimum absolute atomic E-state index is 0.00495. The van der Waals surface area contributed by atoms with Crippen molar-refractivity contribution in [2.24, 2.45) is 7.05 Å².